The van der Waals surface area contributed by atoms with Gasteiger partial charge in [0.25, 0.3) is 0 Å². The van der Waals surface area contributed by atoms with Crippen molar-refractivity contribution >= 4 is 12.1 Å². The lowest BCUT2D eigenvalue weighted by Gasteiger charge is -2.04. The van der Waals surface area contributed by atoms with Crippen LogP contribution in [0.25, 0.3) is 0 Å². The maximum absolute atomic E-state index is 10.5. The Kier molecular flexibility index (Phi) is 5.39. The van der Waals surface area contributed by atoms with Gasteiger partial charge in [0.05, 0.1) is 0 Å². The molecular formula is C4H11N5O3. The van der Waals surface area contributed by atoms with Crippen molar-refractivity contribution in [2.24, 2.45) is 11.5 Å². The molecule has 0 radical (unpaired) electrons. The molecule has 0 fully saturated rings. The highest BCUT2D eigenvalue weighted by Crippen LogP contribution is 1.75. The van der Waals surface area contributed by atoms with Gasteiger partial charge in [-0.2, -0.15) is 10.3 Å². The monoisotopic (exact) mass is 177 g/mol. The Morgan fingerprint density at radius 1 is 1.50 bits per heavy atom. The molecule has 0 aromatic carbocycles. The van der Waals surface area contributed by atoms with Crippen LogP contribution in [0.1, 0.15) is 0 Å². The van der Waals surface area contributed by atoms with Crippen LogP contribution in [0.15, 0.2) is 0 Å². The second kappa shape index (κ2) is 6.19. The summed E-state index contributed by atoms with van der Waals surface area (Å²) in [6.07, 6.45) is -1.04. The summed E-state index contributed by atoms with van der Waals surface area (Å²) >= 11 is 0. The van der Waals surface area contributed by atoms with Crippen molar-refractivity contribution in [1.82, 2.24) is 11.0 Å². The average molecular weight is 177 g/mol. The fourth-order valence-corrected chi connectivity index (χ4v) is 0.286. The number of nitrogens with one attached hydrogen (secondary N) is 3. The fraction of sp³-hybridized carbons (Fsp3) is 0.500. The molecule has 8 nitrogen and oxygen atoms in total. The van der Waals surface area contributed by atoms with E-state index in [-0.39, 0.29) is 0 Å². The molecule has 0 saturated carbocycles. The van der Waals surface area contributed by atoms with E-state index >= 15 is 0 Å². The lowest BCUT2D eigenvalue weighted by molar-refractivity contribution is 0.00171. The van der Waals surface area contributed by atoms with Crippen molar-refractivity contribution in [3.63, 3.8) is 0 Å². The number of carbonyl (C=O) groups is 1. The summed E-state index contributed by atoms with van der Waals surface area (Å²) in [4.78, 5) is 18.8. The molecule has 0 rings (SSSR count). The lowest BCUT2D eigenvalue weighted by atomic mass is 10.7. The number of hydrogen-bond donors (Lipinski definition) is 5. The molecule has 8 heteroatoms. The average Bonchev–Trinajstić information content (AvgIpc) is 2.01. The number of nitrogens with two attached hydrogens (primary N) is 2. The second-order valence-electron chi connectivity index (χ2n) is 1.65. The SMILES string of the molecule is N=C(N)NOC(=O)ONCCN. The van der Waals surface area contributed by atoms with Crippen LogP contribution in [-0.4, -0.2) is 25.2 Å². The standard InChI is InChI=1S/C4H11N5O3/c5-1-2-8-11-4(10)12-9-3(6)7/h8H,1-2,5H2,(H4,6,7,9). The smallest absolute Gasteiger partial charge is 0.368 e. The predicted molar refractivity (Wildman–Crippen MR) is 39.7 cm³/mol. The van der Waals surface area contributed by atoms with E-state index in [1.807, 2.05) is 0 Å². The van der Waals surface area contributed by atoms with Gasteiger partial charge in [0.1, 0.15) is 0 Å². The second-order valence-corrected chi connectivity index (χ2v) is 1.65. The third-order valence-electron chi connectivity index (χ3n) is 0.646. The Morgan fingerprint density at radius 2 is 2.17 bits per heavy atom. The van der Waals surface area contributed by atoms with Crippen molar-refractivity contribution in [2.45, 2.75) is 0 Å². The molecule has 0 aromatic heterocycles. The van der Waals surface area contributed by atoms with Gasteiger partial charge in [0.2, 0.25) is 5.96 Å². The minimum atomic E-state index is -1.04. The first-order chi connectivity index (χ1) is 5.66. The van der Waals surface area contributed by atoms with Gasteiger partial charge in [-0.15, -0.1) is 5.48 Å². The maximum atomic E-state index is 10.5. The van der Waals surface area contributed by atoms with Crippen LogP contribution in [0.3, 0.4) is 0 Å². The van der Waals surface area contributed by atoms with Gasteiger partial charge in [0.15, 0.2) is 0 Å². The summed E-state index contributed by atoms with van der Waals surface area (Å²) in [6, 6.07) is 0. The van der Waals surface area contributed by atoms with E-state index in [1.165, 1.54) is 0 Å². The van der Waals surface area contributed by atoms with Gasteiger partial charge in [-0.1, -0.05) is 0 Å². The fourth-order valence-electron chi connectivity index (χ4n) is 0.286. The summed E-state index contributed by atoms with van der Waals surface area (Å²) in [5.74, 6) is -0.495. The lowest BCUT2D eigenvalue weighted by Crippen LogP contribution is -2.35. The molecule has 0 aliphatic carbocycles. The number of hydroxylamine groups is 2. The molecule has 0 unspecified atom stereocenters. The van der Waals surface area contributed by atoms with Crippen molar-refractivity contribution < 1.29 is 14.5 Å². The molecule has 0 atom stereocenters. The Labute approximate surface area is 68.6 Å². The van der Waals surface area contributed by atoms with Crippen molar-refractivity contribution in [3.8, 4) is 0 Å². The van der Waals surface area contributed by atoms with Crippen molar-refractivity contribution in [1.29, 1.82) is 5.41 Å². The van der Waals surface area contributed by atoms with Gasteiger partial charge in [0, 0.05) is 13.1 Å². The maximum Gasteiger partial charge on any atom is 0.553 e. The number of hydrogen-bond acceptors (Lipinski definition) is 6. The molecule has 0 spiro atoms. The van der Waals surface area contributed by atoms with E-state index in [4.69, 9.17) is 16.9 Å². The molecule has 0 amide bonds. The summed E-state index contributed by atoms with van der Waals surface area (Å²) in [5.41, 5.74) is 13.9. The van der Waals surface area contributed by atoms with Gasteiger partial charge in [-0.05, 0) is 0 Å². The zero-order chi connectivity index (χ0) is 9.40. The first-order valence-corrected chi connectivity index (χ1v) is 3.07. The van der Waals surface area contributed by atoms with E-state index in [0.717, 1.165) is 0 Å². The molecule has 0 aromatic rings. The van der Waals surface area contributed by atoms with Crippen LogP contribution >= 0.6 is 0 Å². The zero-order valence-corrected chi connectivity index (χ0v) is 6.29. The van der Waals surface area contributed by atoms with E-state index in [9.17, 15) is 4.79 Å². The third-order valence-corrected chi connectivity index (χ3v) is 0.646. The Balaban J connectivity index is 3.28. The summed E-state index contributed by atoms with van der Waals surface area (Å²) in [5, 5.41) is 6.59. The first kappa shape index (κ1) is 10.5. The minimum absolute atomic E-state index is 0.315. The first-order valence-electron chi connectivity index (χ1n) is 3.07. The Hall–Kier alpha value is -1.54. The van der Waals surface area contributed by atoms with Gasteiger partial charge in [-0.3, -0.25) is 5.41 Å². The molecule has 0 saturated heterocycles. The molecule has 0 aliphatic rings. The van der Waals surface area contributed by atoms with E-state index in [2.05, 4.69) is 15.2 Å². The number of carbonyl (C=O) groups excluding carboxylic acids is 1. The molecule has 0 heterocycles. The Morgan fingerprint density at radius 3 is 2.67 bits per heavy atom. The third kappa shape index (κ3) is 6.58. The topological polar surface area (TPSA) is 135 Å². The van der Waals surface area contributed by atoms with E-state index in [1.54, 1.807) is 5.48 Å². The summed E-state index contributed by atoms with van der Waals surface area (Å²) < 4.78 is 0. The van der Waals surface area contributed by atoms with Gasteiger partial charge >= 0.3 is 6.16 Å². The summed E-state index contributed by atoms with van der Waals surface area (Å²) in [7, 11) is 0. The number of rotatable bonds is 3. The highest BCUT2D eigenvalue weighted by atomic mass is 16.9. The van der Waals surface area contributed by atoms with Crippen LogP contribution in [0.5, 0.6) is 0 Å². The van der Waals surface area contributed by atoms with Gasteiger partial charge in [-0.25, -0.2) is 0 Å². The molecule has 0 bridgehead atoms. The van der Waals surface area contributed by atoms with Crippen LogP contribution in [0.2, 0.25) is 0 Å². The molecule has 12 heavy (non-hydrogen) atoms. The molecule has 7 N–H and O–H groups in total. The molecule has 70 valence electrons. The predicted octanol–water partition coefficient (Wildman–Crippen LogP) is -2.00. The Bertz CT molecular complexity index is 161. The largest absolute Gasteiger partial charge is 0.553 e. The molecule has 0 aliphatic heterocycles. The zero-order valence-electron chi connectivity index (χ0n) is 6.29. The van der Waals surface area contributed by atoms with Crippen molar-refractivity contribution in [3.05, 3.63) is 0 Å². The molecular weight excluding hydrogens is 166 g/mol. The van der Waals surface area contributed by atoms with Crippen LogP contribution in [0.4, 0.5) is 4.79 Å². The van der Waals surface area contributed by atoms with Crippen molar-refractivity contribution in [2.75, 3.05) is 13.1 Å². The normalized spacial score (nSPS) is 8.75. The van der Waals surface area contributed by atoms with E-state index < -0.39 is 12.1 Å². The van der Waals surface area contributed by atoms with E-state index in [0.29, 0.717) is 13.1 Å². The minimum Gasteiger partial charge on any atom is -0.368 e. The quantitative estimate of drug-likeness (QED) is 0.145. The highest BCUT2D eigenvalue weighted by molar-refractivity contribution is 5.74. The number of guanidine groups is 1. The van der Waals surface area contributed by atoms with Gasteiger partial charge < -0.3 is 21.1 Å². The van der Waals surface area contributed by atoms with Crippen LogP contribution in [0, 0.1) is 5.41 Å². The van der Waals surface area contributed by atoms with Crippen LogP contribution < -0.4 is 22.4 Å². The van der Waals surface area contributed by atoms with Crippen LogP contribution in [-0.2, 0) is 9.68 Å². The summed E-state index contributed by atoms with van der Waals surface area (Å²) in [6.45, 7) is 0.641. The highest BCUT2D eigenvalue weighted by Gasteiger charge is 2.02.